The fourth-order valence-electron chi connectivity index (χ4n) is 1.37. The molecule has 1 aromatic carbocycles. The zero-order valence-electron chi connectivity index (χ0n) is 9.75. The molecule has 0 atom stereocenters. The van der Waals surface area contributed by atoms with Crippen molar-refractivity contribution in [3.05, 3.63) is 53.5 Å². The summed E-state index contributed by atoms with van der Waals surface area (Å²) in [6, 6.07) is 9.96. The minimum absolute atomic E-state index is 0.101. The average Bonchev–Trinajstić information content (AvgIpc) is 2.78. The number of rotatable bonds is 3. The minimum Gasteiger partial charge on any atom is -0.507 e. The Balaban J connectivity index is 2.00. The Morgan fingerprint density at radius 2 is 2.11 bits per heavy atom. The molecule has 0 radical (unpaired) electrons. The summed E-state index contributed by atoms with van der Waals surface area (Å²) in [5, 5.41) is 13.2. The van der Waals surface area contributed by atoms with Crippen LogP contribution < -0.4 is 5.43 Å². The van der Waals surface area contributed by atoms with E-state index in [1.807, 2.05) is 0 Å². The summed E-state index contributed by atoms with van der Waals surface area (Å²) in [6.07, 6.45) is 1.36. The molecule has 2 N–H and O–H groups in total. The van der Waals surface area contributed by atoms with Gasteiger partial charge in [0.15, 0.2) is 5.76 Å². The molecule has 92 valence electrons. The van der Waals surface area contributed by atoms with Crippen molar-refractivity contribution in [2.45, 2.75) is 6.92 Å². The molecule has 0 saturated heterocycles. The van der Waals surface area contributed by atoms with E-state index in [-0.39, 0.29) is 11.5 Å². The summed E-state index contributed by atoms with van der Waals surface area (Å²) in [6.45, 7) is 1.75. The van der Waals surface area contributed by atoms with Crippen molar-refractivity contribution in [2.75, 3.05) is 0 Å². The smallest absolute Gasteiger partial charge is 0.307 e. The van der Waals surface area contributed by atoms with Gasteiger partial charge < -0.3 is 9.52 Å². The van der Waals surface area contributed by atoms with Crippen LogP contribution in [0.2, 0.25) is 0 Å². The van der Waals surface area contributed by atoms with E-state index in [1.54, 1.807) is 43.3 Å². The Hall–Kier alpha value is -2.56. The number of phenolic OH excluding ortho intramolecular Hbond substituents is 1. The van der Waals surface area contributed by atoms with Gasteiger partial charge in [-0.2, -0.15) is 5.10 Å². The SMILES string of the molecule is Cc1ccc(C(=O)NN=Cc2ccccc2O)o1. The second-order valence-corrected chi connectivity index (χ2v) is 3.67. The molecule has 5 nitrogen and oxygen atoms in total. The molecule has 1 heterocycles. The lowest BCUT2D eigenvalue weighted by molar-refractivity contribution is 0.0926. The van der Waals surface area contributed by atoms with Crippen molar-refractivity contribution in [3.8, 4) is 5.75 Å². The third kappa shape index (κ3) is 2.76. The number of carbonyl (C=O) groups is 1. The number of phenols is 1. The van der Waals surface area contributed by atoms with Crippen LogP contribution >= 0.6 is 0 Å². The van der Waals surface area contributed by atoms with Crippen LogP contribution in [0.3, 0.4) is 0 Å². The molecule has 0 spiro atoms. The number of nitrogens with zero attached hydrogens (tertiary/aromatic N) is 1. The molecular weight excluding hydrogens is 232 g/mol. The second-order valence-electron chi connectivity index (χ2n) is 3.67. The number of hydrazone groups is 1. The van der Waals surface area contributed by atoms with E-state index in [2.05, 4.69) is 10.5 Å². The van der Waals surface area contributed by atoms with Crippen LogP contribution in [0.15, 0.2) is 45.9 Å². The van der Waals surface area contributed by atoms with Crippen molar-refractivity contribution >= 4 is 12.1 Å². The van der Waals surface area contributed by atoms with Crippen LogP contribution in [0.5, 0.6) is 5.75 Å². The van der Waals surface area contributed by atoms with Gasteiger partial charge in [0.1, 0.15) is 11.5 Å². The Labute approximate surface area is 104 Å². The standard InChI is InChI=1S/C13H12N2O3/c1-9-6-7-12(18-9)13(17)15-14-8-10-4-2-3-5-11(10)16/h2-8,16H,1H3,(H,15,17). The normalized spacial score (nSPS) is 10.7. The molecule has 2 rings (SSSR count). The molecule has 18 heavy (non-hydrogen) atoms. The monoisotopic (exact) mass is 244 g/mol. The van der Waals surface area contributed by atoms with Gasteiger partial charge in [-0.25, -0.2) is 5.43 Å². The molecule has 0 aliphatic heterocycles. The van der Waals surface area contributed by atoms with Crippen LogP contribution in [0.4, 0.5) is 0 Å². The van der Waals surface area contributed by atoms with E-state index in [0.29, 0.717) is 11.3 Å². The van der Waals surface area contributed by atoms with Crippen molar-refractivity contribution in [3.63, 3.8) is 0 Å². The average molecular weight is 244 g/mol. The lowest BCUT2D eigenvalue weighted by Gasteiger charge is -1.97. The second kappa shape index (κ2) is 5.18. The van der Waals surface area contributed by atoms with Gasteiger partial charge >= 0.3 is 5.91 Å². The number of aryl methyl sites for hydroxylation is 1. The Morgan fingerprint density at radius 3 is 2.78 bits per heavy atom. The zero-order valence-corrected chi connectivity index (χ0v) is 9.75. The zero-order chi connectivity index (χ0) is 13.0. The van der Waals surface area contributed by atoms with E-state index >= 15 is 0 Å². The molecular formula is C13H12N2O3. The van der Waals surface area contributed by atoms with Gasteiger partial charge in [0, 0.05) is 5.56 Å². The van der Waals surface area contributed by atoms with Gasteiger partial charge in [-0.15, -0.1) is 0 Å². The number of carbonyl (C=O) groups excluding carboxylic acids is 1. The third-order valence-electron chi connectivity index (χ3n) is 2.27. The third-order valence-corrected chi connectivity index (χ3v) is 2.27. The van der Waals surface area contributed by atoms with Crippen LogP contribution in [-0.4, -0.2) is 17.2 Å². The highest BCUT2D eigenvalue weighted by Crippen LogP contribution is 2.12. The predicted octanol–water partition coefficient (Wildman–Crippen LogP) is 2.06. The van der Waals surface area contributed by atoms with Crippen molar-refractivity contribution < 1.29 is 14.3 Å². The highest BCUT2D eigenvalue weighted by molar-refractivity contribution is 5.92. The maximum atomic E-state index is 11.6. The number of hydrogen-bond donors (Lipinski definition) is 2. The molecule has 0 fully saturated rings. The van der Waals surface area contributed by atoms with Crippen molar-refractivity contribution in [2.24, 2.45) is 5.10 Å². The van der Waals surface area contributed by atoms with E-state index in [1.165, 1.54) is 6.21 Å². The summed E-state index contributed by atoms with van der Waals surface area (Å²) < 4.78 is 5.14. The van der Waals surface area contributed by atoms with Crippen LogP contribution in [0.25, 0.3) is 0 Å². The van der Waals surface area contributed by atoms with Gasteiger partial charge in [-0.3, -0.25) is 4.79 Å². The topological polar surface area (TPSA) is 74.8 Å². The van der Waals surface area contributed by atoms with Crippen LogP contribution in [0, 0.1) is 6.92 Å². The summed E-state index contributed by atoms with van der Waals surface area (Å²) >= 11 is 0. The van der Waals surface area contributed by atoms with Crippen molar-refractivity contribution in [1.82, 2.24) is 5.43 Å². The largest absolute Gasteiger partial charge is 0.507 e. The Kier molecular flexibility index (Phi) is 3.43. The van der Waals surface area contributed by atoms with E-state index < -0.39 is 5.91 Å². The number of hydrogen-bond acceptors (Lipinski definition) is 4. The summed E-state index contributed by atoms with van der Waals surface area (Å²) in [5.74, 6) is 0.519. The van der Waals surface area contributed by atoms with Gasteiger partial charge in [0.25, 0.3) is 0 Å². The first kappa shape index (κ1) is 11.9. The fraction of sp³-hybridized carbons (Fsp3) is 0.0769. The summed E-state index contributed by atoms with van der Waals surface area (Å²) in [5.41, 5.74) is 2.84. The molecule has 2 aromatic rings. The highest BCUT2D eigenvalue weighted by Gasteiger charge is 2.08. The lowest BCUT2D eigenvalue weighted by Crippen LogP contribution is -2.16. The quantitative estimate of drug-likeness (QED) is 0.641. The van der Waals surface area contributed by atoms with Gasteiger partial charge in [-0.1, -0.05) is 12.1 Å². The number of amides is 1. The molecule has 0 aliphatic carbocycles. The van der Waals surface area contributed by atoms with Gasteiger partial charge in [0.05, 0.1) is 6.21 Å². The molecule has 0 unspecified atom stereocenters. The van der Waals surface area contributed by atoms with E-state index in [0.717, 1.165) is 0 Å². The Bertz CT molecular complexity index is 587. The van der Waals surface area contributed by atoms with Gasteiger partial charge in [-0.05, 0) is 31.2 Å². The Morgan fingerprint density at radius 1 is 1.33 bits per heavy atom. The fourth-order valence-corrected chi connectivity index (χ4v) is 1.37. The first-order chi connectivity index (χ1) is 8.66. The van der Waals surface area contributed by atoms with E-state index in [4.69, 9.17) is 4.42 Å². The number of nitrogens with one attached hydrogen (secondary N) is 1. The maximum absolute atomic E-state index is 11.6. The van der Waals surface area contributed by atoms with Crippen LogP contribution in [-0.2, 0) is 0 Å². The number of furan rings is 1. The van der Waals surface area contributed by atoms with E-state index in [9.17, 15) is 9.90 Å². The maximum Gasteiger partial charge on any atom is 0.307 e. The predicted molar refractivity (Wildman–Crippen MR) is 66.6 cm³/mol. The number of para-hydroxylation sites is 1. The molecule has 1 amide bonds. The lowest BCUT2D eigenvalue weighted by atomic mass is 10.2. The summed E-state index contributed by atoms with van der Waals surface area (Å²) in [4.78, 5) is 11.6. The van der Waals surface area contributed by atoms with Crippen LogP contribution in [0.1, 0.15) is 21.9 Å². The first-order valence-corrected chi connectivity index (χ1v) is 5.34. The minimum atomic E-state index is -0.435. The first-order valence-electron chi connectivity index (χ1n) is 5.34. The molecule has 5 heteroatoms. The highest BCUT2D eigenvalue weighted by atomic mass is 16.3. The van der Waals surface area contributed by atoms with Gasteiger partial charge in [0.2, 0.25) is 0 Å². The van der Waals surface area contributed by atoms with Crippen molar-refractivity contribution in [1.29, 1.82) is 0 Å². The summed E-state index contributed by atoms with van der Waals surface area (Å²) in [7, 11) is 0. The molecule has 0 bridgehead atoms. The molecule has 0 saturated carbocycles. The number of aromatic hydroxyl groups is 1. The number of benzene rings is 1. The molecule has 1 aromatic heterocycles. The molecule has 0 aliphatic rings.